The predicted molar refractivity (Wildman–Crippen MR) is 41.5 cm³/mol. The van der Waals surface area contributed by atoms with E-state index in [9.17, 15) is 0 Å². The third-order valence-corrected chi connectivity index (χ3v) is 1.29. The Morgan fingerprint density at radius 1 is 1.75 bits per heavy atom. The summed E-state index contributed by atoms with van der Waals surface area (Å²) >= 11 is 8.70. The van der Waals surface area contributed by atoms with Crippen molar-refractivity contribution in [2.45, 2.75) is 0 Å². The number of aromatic amines is 1. The molecular weight excluding hydrogens is 138 g/mol. The van der Waals surface area contributed by atoms with Crippen molar-refractivity contribution in [2.24, 2.45) is 0 Å². The van der Waals surface area contributed by atoms with E-state index in [1.54, 1.807) is 0 Å². The summed E-state index contributed by atoms with van der Waals surface area (Å²) in [5.41, 5.74) is 0.906. The Hall–Kier alpha value is -0.280. The van der Waals surface area contributed by atoms with Crippen molar-refractivity contribution >= 4 is 29.0 Å². The number of H-pyrrole nitrogens is 1. The van der Waals surface area contributed by atoms with E-state index in [2.05, 4.69) is 17.6 Å². The van der Waals surface area contributed by atoms with Gasteiger partial charge in [-0.05, 0) is 12.1 Å². The predicted octanol–water partition coefficient (Wildman–Crippen LogP) is 1.62. The number of rotatable bonds is 1. The maximum absolute atomic E-state index is 4.75. The first-order chi connectivity index (χ1) is 3.80. The Morgan fingerprint density at radius 3 is 2.75 bits per heavy atom. The van der Waals surface area contributed by atoms with Gasteiger partial charge in [-0.1, -0.05) is 12.2 Å². The van der Waals surface area contributed by atoms with Crippen LogP contribution >= 0.6 is 24.8 Å². The highest BCUT2D eigenvalue weighted by molar-refractivity contribution is 8.11. The first-order valence-corrected chi connectivity index (χ1v) is 3.03. The molecule has 0 aliphatic heterocycles. The zero-order valence-corrected chi connectivity index (χ0v) is 5.80. The van der Waals surface area contributed by atoms with Gasteiger partial charge in [-0.3, -0.25) is 0 Å². The molecule has 42 valence electrons. The van der Waals surface area contributed by atoms with Gasteiger partial charge in [0.2, 0.25) is 0 Å². The Labute approximate surface area is 58.5 Å². The van der Waals surface area contributed by atoms with Gasteiger partial charge in [0.15, 0.2) is 0 Å². The fraction of sp³-hybridized carbons (Fsp3) is 0. The van der Waals surface area contributed by atoms with Crippen molar-refractivity contribution in [1.29, 1.82) is 0 Å². The quantitative estimate of drug-likeness (QED) is 0.451. The largest absolute Gasteiger partial charge is 0.360 e. The maximum atomic E-state index is 4.75. The second-order valence-electron chi connectivity index (χ2n) is 1.39. The van der Waals surface area contributed by atoms with Crippen LogP contribution in [-0.2, 0) is 0 Å². The van der Waals surface area contributed by atoms with Gasteiger partial charge >= 0.3 is 0 Å². The summed E-state index contributed by atoms with van der Waals surface area (Å²) < 4.78 is 0.606. The van der Waals surface area contributed by atoms with Crippen LogP contribution in [0.5, 0.6) is 0 Å². The van der Waals surface area contributed by atoms with Crippen LogP contribution in [-0.4, -0.2) is 9.18 Å². The second-order valence-corrected chi connectivity index (χ2v) is 2.55. The topological polar surface area (TPSA) is 15.8 Å². The summed E-state index contributed by atoms with van der Waals surface area (Å²) in [5.74, 6) is 0. The van der Waals surface area contributed by atoms with Gasteiger partial charge in [-0.15, -0.1) is 12.6 Å². The molecule has 1 aromatic rings. The summed E-state index contributed by atoms with van der Waals surface area (Å²) in [6.45, 7) is 0. The molecule has 1 N–H and O–H groups in total. The molecule has 0 aromatic carbocycles. The first kappa shape index (κ1) is 5.85. The molecule has 0 amide bonds. The van der Waals surface area contributed by atoms with E-state index in [1.165, 1.54) is 0 Å². The lowest BCUT2D eigenvalue weighted by molar-refractivity contribution is 1.39. The molecule has 0 bridgehead atoms. The van der Waals surface area contributed by atoms with Crippen LogP contribution < -0.4 is 0 Å². The van der Waals surface area contributed by atoms with Crippen LogP contribution in [0.25, 0.3) is 0 Å². The third-order valence-electron chi connectivity index (χ3n) is 0.828. The molecular formula is C5H5NS2. The first-order valence-electron chi connectivity index (χ1n) is 2.17. The highest BCUT2D eigenvalue weighted by atomic mass is 32.1. The molecule has 8 heavy (non-hydrogen) atoms. The minimum Gasteiger partial charge on any atom is -0.360 e. The van der Waals surface area contributed by atoms with Gasteiger partial charge < -0.3 is 4.98 Å². The highest BCUT2D eigenvalue weighted by Crippen LogP contribution is 1.99. The second kappa shape index (κ2) is 2.33. The number of hydrogen-bond donors (Lipinski definition) is 2. The molecule has 0 fully saturated rings. The molecule has 1 heterocycles. The lowest BCUT2D eigenvalue weighted by Gasteiger charge is -1.84. The van der Waals surface area contributed by atoms with Crippen molar-refractivity contribution < 1.29 is 0 Å². The molecule has 3 heteroatoms. The maximum Gasteiger partial charge on any atom is 0.0910 e. The van der Waals surface area contributed by atoms with Gasteiger partial charge in [0, 0.05) is 6.20 Å². The minimum atomic E-state index is 0.606. The standard InChI is InChI=1S/C5H5NS2/c7-5(8)4-2-1-3-6-4/h1-3,6H,(H,7,8). The van der Waals surface area contributed by atoms with Gasteiger partial charge in [-0.2, -0.15) is 0 Å². The Bertz CT molecular complexity index is 178. The number of thiol groups is 1. The minimum absolute atomic E-state index is 0.606. The molecule has 0 saturated carbocycles. The molecule has 0 spiro atoms. The normalized spacial score (nSPS) is 9.12. The van der Waals surface area contributed by atoms with Crippen molar-refractivity contribution in [2.75, 3.05) is 0 Å². The third kappa shape index (κ3) is 1.11. The van der Waals surface area contributed by atoms with Gasteiger partial charge in [0.25, 0.3) is 0 Å². The lowest BCUT2D eigenvalue weighted by atomic mass is 10.5. The molecule has 0 aliphatic rings. The Morgan fingerprint density at radius 2 is 2.50 bits per heavy atom. The lowest BCUT2D eigenvalue weighted by Crippen LogP contribution is -1.83. The molecule has 0 radical (unpaired) electrons. The van der Waals surface area contributed by atoms with Crippen molar-refractivity contribution in [1.82, 2.24) is 4.98 Å². The Balaban J connectivity index is 2.93. The van der Waals surface area contributed by atoms with Crippen LogP contribution in [0.3, 0.4) is 0 Å². The SMILES string of the molecule is S=C(S)c1ccc[nH]1. The van der Waals surface area contributed by atoms with Crippen molar-refractivity contribution in [3.8, 4) is 0 Å². The average molecular weight is 143 g/mol. The molecule has 0 unspecified atom stereocenters. The number of nitrogens with one attached hydrogen (secondary N) is 1. The van der Waals surface area contributed by atoms with E-state index in [1.807, 2.05) is 18.3 Å². The van der Waals surface area contributed by atoms with E-state index in [-0.39, 0.29) is 0 Å². The number of thiocarbonyl (C=S) groups is 1. The molecule has 0 aliphatic carbocycles. The van der Waals surface area contributed by atoms with Crippen LogP contribution in [0.4, 0.5) is 0 Å². The average Bonchev–Trinajstić information content (AvgIpc) is 2.12. The van der Waals surface area contributed by atoms with Gasteiger partial charge in [0.05, 0.1) is 9.89 Å². The van der Waals surface area contributed by atoms with E-state index in [0.29, 0.717) is 4.20 Å². The fourth-order valence-electron chi connectivity index (χ4n) is 0.463. The fourth-order valence-corrected chi connectivity index (χ4v) is 0.729. The number of aromatic nitrogens is 1. The van der Waals surface area contributed by atoms with Crippen LogP contribution in [0.15, 0.2) is 18.3 Å². The van der Waals surface area contributed by atoms with Crippen LogP contribution in [0, 0.1) is 0 Å². The summed E-state index contributed by atoms with van der Waals surface area (Å²) in [4.78, 5) is 2.92. The molecule has 1 aromatic heterocycles. The van der Waals surface area contributed by atoms with Crippen LogP contribution in [0.2, 0.25) is 0 Å². The van der Waals surface area contributed by atoms with Crippen molar-refractivity contribution in [3.63, 3.8) is 0 Å². The van der Waals surface area contributed by atoms with E-state index in [4.69, 9.17) is 12.2 Å². The Kier molecular flexibility index (Phi) is 1.70. The smallest absolute Gasteiger partial charge is 0.0910 e. The van der Waals surface area contributed by atoms with Crippen molar-refractivity contribution in [3.05, 3.63) is 24.0 Å². The summed E-state index contributed by atoms with van der Waals surface area (Å²) in [7, 11) is 0. The van der Waals surface area contributed by atoms with E-state index in [0.717, 1.165) is 5.69 Å². The zero-order chi connectivity index (χ0) is 5.98. The summed E-state index contributed by atoms with van der Waals surface area (Å²) in [5, 5.41) is 0. The highest BCUT2D eigenvalue weighted by Gasteiger charge is 1.91. The molecule has 0 saturated heterocycles. The van der Waals surface area contributed by atoms with Gasteiger partial charge in [0.1, 0.15) is 0 Å². The molecule has 0 atom stereocenters. The van der Waals surface area contributed by atoms with E-state index < -0.39 is 0 Å². The monoisotopic (exact) mass is 143 g/mol. The zero-order valence-electron chi connectivity index (χ0n) is 4.09. The summed E-state index contributed by atoms with van der Waals surface area (Å²) in [6.07, 6.45) is 1.82. The van der Waals surface area contributed by atoms with Gasteiger partial charge in [-0.25, -0.2) is 0 Å². The molecule has 1 rings (SSSR count). The number of hydrogen-bond acceptors (Lipinski definition) is 1. The molecule has 1 nitrogen and oxygen atoms in total. The van der Waals surface area contributed by atoms with E-state index >= 15 is 0 Å². The summed E-state index contributed by atoms with van der Waals surface area (Å²) in [6, 6.07) is 3.77. The van der Waals surface area contributed by atoms with Crippen LogP contribution in [0.1, 0.15) is 5.69 Å².